The normalized spacial score (nSPS) is 10.6. The van der Waals surface area contributed by atoms with Crippen molar-refractivity contribution in [1.82, 2.24) is 10.4 Å². The molecular formula is C26H19ClN4O2S. The van der Waals surface area contributed by atoms with E-state index in [1.807, 2.05) is 53.9 Å². The van der Waals surface area contributed by atoms with Gasteiger partial charge in [0.05, 0.1) is 11.9 Å². The lowest BCUT2D eigenvalue weighted by atomic mass is 10.1. The molecule has 0 aliphatic carbocycles. The van der Waals surface area contributed by atoms with Gasteiger partial charge in [0.15, 0.2) is 5.13 Å². The Morgan fingerprint density at radius 3 is 2.53 bits per heavy atom. The predicted molar refractivity (Wildman–Crippen MR) is 138 cm³/mol. The fourth-order valence-electron chi connectivity index (χ4n) is 2.92. The van der Waals surface area contributed by atoms with Crippen LogP contribution < -0.4 is 15.5 Å². The molecule has 8 heteroatoms. The molecule has 0 atom stereocenters. The summed E-state index contributed by atoms with van der Waals surface area (Å²) < 4.78 is 5.32. The number of nitrogens with one attached hydrogen (secondary N) is 2. The molecule has 4 aromatic rings. The van der Waals surface area contributed by atoms with Gasteiger partial charge in [0.1, 0.15) is 12.4 Å². The molecule has 0 unspecified atom stereocenters. The Kier molecular flexibility index (Phi) is 7.56. The predicted octanol–water partition coefficient (Wildman–Crippen LogP) is 5.98. The van der Waals surface area contributed by atoms with Crippen LogP contribution in [0.3, 0.4) is 0 Å². The number of terminal acetylenes is 1. The van der Waals surface area contributed by atoms with Gasteiger partial charge in [-0.3, -0.25) is 4.79 Å². The molecule has 0 aliphatic rings. The second-order valence-electron chi connectivity index (χ2n) is 7.01. The molecule has 0 spiro atoms. The monoisotopic (exact) mass is 486 g/mol. The fourth-order valence-corrected chi connectivity index (χ4v) is 3.78. The maximum atomic E-state index is 12.4. The SMILES string of the molecule is C#CCOc1ccc(/C=N\NC(=O)c2ccc(-c3csc(Nc4ccc(Cl)cc4)n3)cc2)cc1. The molecule has 0 saturated carbocycles. The van der Waals surface area contributed by atoms with Crippen molar-refractivity contribution < 1.29 is 9.53 Å². The Labute approximate surface area is 206 Å². The largest absolute Gasteiger partial charge is 0.481 e. The van der Waals surface area contributed by atoms with Crippen molar-refractivity contribution in [2.24, 2.45) is 5.10 Å². The number of anilines is 2. The minimum atomic E-state index is -0.305. The first-order valence-electron chi connectivity index (χ1n) is 10.2. The number of carbonyl (C=O) groups excluding carboxylic acids is 1. The Balaban J connectivity index is 1.33. The van der Waals surface area contributed by atoms with Gasteiger partial charge in [-0.25, -0.2) is 10.4 Å². The van der Waals surface area contributed by atoms with E-state index in [-0.39, 0.29) is 12.5 Å². The maximum absolute atomic E-state index is 12.4. The minimum absolute atomic E-state index is 0.214. The second kappa shape index (κ2) is 11.1. The first-order chi connectivity index (χ1) is 16.6. The summed E-state index contributed by atoms with van der Waals surface area (Å²) in [4.78, 5) is 17.0. The van der Waals surface area contributed by atoms with Crippen LogP contribution in [0.1, 0.15) is 15.9 Å². The third-order valence-electron chi connectivity index (χ3n) is 4.62. The second-order valence-corrected chi connectivity index (χ2v) is 8.30. The molecule has 4 rings (SSSR count). The average Bonchev–Trinajstić information content (AvgIpc) is 3.33. The van der Waals surface area contributed by atoms with Crippen molar-refractivity contribution in [1.29, 1.82) is 0 Å². The highest BCUT2D eigenvalue weighted by Crippen LogP contribution is 2.27. The molecule has 0 saturated heterocycles. The van der Waals surface area contributed by atoms with Crippen LogP contribution in [0.4, 0.5) is 10.8 Å². The number of rotatable bonds is 8. The zero-order valence-corrected chi connectivity index (χ0v) is 19.4. The molecule has 1 aromatic heterocycles. The number of hydrogen-bond donors (Lipinski definition) is 2. The number of thiazole rings is 1. The van der Waals surface area contributed by atoms with E-state index in [9.17, 15) is 4.79 Å². The van der Waals surface area contributed by atoms with Crippen molar-refractivity contribution in [3.05, 3.63) is 94.3 Å². The smallest absolute Gasteiger partial charge is 0.271 e. The molecule has 2 N–H and O–H groups in total. The van der Waals surface area contributed by atoms with Gasteiger partial charge in [-0.15, -0.1) is 17.8 Å². The molecule has 1 amide bonds. The molecule has 0 fully saturated rings. The molecule has 0 bridgehead atoms. The Morgan fingerprint density at radius 2 is 1.82 bits per heavy atom. The molecule has 0 aliphatic heterocycles. The van der Waals surface area contributed by atoms with Crippen molar-refractivity contribution in [2.75, 3.05) is 11.9 Å². The van der Waals surface area contributed by atoms with Gasteiger partial charge < -0.3 is 10.1 Å². The van der Waals surface area contributed by atoms with E-state index in [2.05, 4.69) is 26.7 Å². The fraction of sp³-hybridized carbons (Fsp3) is 0.0385. The summed E-state index contributed by atoms with van der Waals surface area (Å²) >= 11 is 7.42. The summed E-state index contributed by atoms with van der Waals surface area (Å²) in [6.45, 7) is 0.214. The molecule has 6 nitrogen and oxygen atoms in total. The van der Waals surface area contributed by atoms with Crippen molar-refractivity contribution in [2.45, 2.75) is 0 Å². The average molecular weight is 487 g/mol. The molecule has 34 heavy (non-hydrogen) atoms. The van der Waals surface area contributed by atoms with E-state index in [1.165, 1.54) is 11.3 Å². The molecule has 0 radical (unpaired) electrons. The molecule has 3 aromatic carbocycles. The van der Waals surface area contributed by atoms with Crippen LogP contribution in [-0.2, 0) is 0 Å². The number of hydrazone groups is 1. The number of ether oxygens (including phenoxy) is 1. The summed E-state index contributed by atoms with van der Waals surface area (Å²) in [5.74, 6) is 2.78. The van der Waals surface area contributed by atoms with Crippen LogP contribution in [0.25, 0.3) is 11.3 Å². The zero-order valence-electron chi connectivity index (χ0n) is 17.9. The number of amides is 1. The molecule has 1 heterocycles. The third-order valence-corrected chi connectivity index (χ3v) is 5.63. The maximum Gasteiger partial charge on any atom is 0.271 e. The number of aromatic nitrogens is 1. The lowest BCUT2D eigenvalue weighted by molar-refractivity contribution is 0.0955. The number of benzene rings is 3. The number of hydrogen-bond acceptors (Lipinski definition) is 6. The Bertz CT molecular complexity index is 1330. The molecular weight excluding hydrogens is 468 g/mol. The quantitative estimate of drug-likeness (QED) is 0.182. The zero-order chi connectivity index (χ0) is 23.8. The number of nitrogens with zero attached hydrogens (tertiary/aromatic N) is 2. The summed E-state index contributed by atoms with van der Waals surface area (Å²) in [7, 11) is 0. The van der Waals surface area contributed by atoms with Gasteiger partial charge in [-0.1, -0.05) is 29.7 Å². The van der Waals surface area contributed by atoms with E-state index in [0.717, 1.165) is 27.6 Å². The van der Waals surface area contributed by atoms with Gasteiger partial charge in [-0.2, -0.15) is 5.10 Å². The number of halogens is 1. The lowest BCUT2D eigenvalue weighted by Crippen LogP contribution is -2.17. The van der Waals surface area contributed by atoms with E-state index in [0.29, 0.717) is 16.3 Å². The van der Waals surface area contributed by atoms with Gasteiger partial charge >= 0.3 is 0 Å². The van der Waals surface area contributed by atoms with Gasteiger partial charge in [0.2, 0.25) is 0 Å². The summed E-state index contributed by atoms with van der Waals surface area (Å²) in [6.07, 6.45) is 6.73. The van der Waals surface area contributed by atoms with Crippen LogP contribution in [0.5, 0.6) is 5.75 Å². The first-order valence-corrected chi connectivity index (χ1v) is 11.4. The van der Waals surface area contributed by atoms with Crippen LogP contribution in [0, 0.1) is 12.3 Å². The highest BCUT2D eigenvalue weighted by molar-refractivity contribution is 7.14. The van der Waals surface area contributed by atoms with Crippen molar-refractivity contribution in [3.8, 4) is 29.4 Å². The van der Waals surface area contributed by atoms with E-state index in [1.54, 1.807) is 30.5 Å². The lowest BCUT2D eigenvalue weighted by Gasteiger charge is -2.03. The third kappa shape index (κ3) is 6.23. The Hall–Kier alpha value is -4.12. The van der Waals surface area contributed by atoms with Crippen LogP contribution in [-0.4, -0.2) is 23.7 Å². The van der Waals surface area contributed by atoms with Crippen LogP contribution in [0.2, 0.25) is 5.02 Å². The highest BCUT2D eigenvalue weighted by Gasteiger charge is 2.08. The van der Waals surface area contributed by atoms with E-state index in [4.69, 9.17) is 22.8 Å². The summed E-state index contributed by atoms with van der Waals surface area (Å²) in [6, 6.07) is 21.8. The highest BCUT2D eigenvalue weighted by atomic mass is 35.5. The summed E-state index contributed by atoms with van der Waals surface area (Å²) in [5, 5.41) is 10.7. The van der Waals surface area contributed by atoms with E-state index < -0.39 is 0 Å². The Morgan fingerprint density at radius 1 is 1.09 bits per heavy atom. The minimum Gasteiger partial charge on any atom is -0.481 e. The number of carbonyl (C=O) groups is 1. The molecule has 168 valence electrons. The van der Waals surface area contributed by atoms with Gasteiger partial charge in [0, 0.05) is 27.2 Å². The summed E-state index contributed by atoms with van der Waals surface area (Å²) in [5.41, 5.74) is 6.48. The topological polar surface area (TPSA) is 75.6 Å². The van der Waals surface area contributed by atoms with Gasteiger partial charge in [0.25, 0.3) is 5.91 Å². The van der Waals surface area contributed by atoms with Crippen molar-refractivity contribution >= 4 is 45.9 Å². The van der Waals surface area contributed by atoms with E-state index >= 15 is 0 Å². The standard InChI is InChI=1S/C26H19ClN4O2S/c1-2-15-33-23-13-3-18(4-14-23)16-28-31-25(32)20-7-5-19(6-8-20)24-17-34-26(30-24)29-22-11-9-21(27)10-12-22/h1,3-14,16-17H,15H2,(H,29,30)(H,31,32)/b28-16-. The first kappa shape index (κ1) is 23.1. The van der Waals surface area contributed by atoms with Crippen LogP contribution >= 0.6 is 22.9 Å². The van der Waals surface area contributed by atoms with Crippen LogP contribution in [0.15, 0.2) is 83.3 Å². The van der Waals surface area contributed by atoms with Crippen molar-refractivity contribution in [3.63, 3.8) is 0 Å². The van der Waals surface area contributed by atoms with Gasteiger partial charge in [-0.05, 0) is 66.2 Å².